The molecule has 3 aliphatic heterocycles. The molecule has 4 aliphatic rings. The van der Waals surface area contributed by atoms with E-state index in [9.17, 15) is 4.79 Å². The number of nitrogens with zero attached hydrogens (tertiary/aromatic N) is 2. The summed E-state index contributed by atoms with van der Waals surface area (Å²) < 4.78 is 5.50. The lowest BCUT2D eigenvalue weighted by atomic mass is 9.82. The van der Waals surface area contributed by atoms with Gasteiger partial charge in [-0.15, -0.1) is 0 Å². The van der Waals surface area contributed by atoms with Gasteiger partial charge < -0.3 is 4.74 Å². The third kappa shape index (κ3) is 2.45. The first-order chi connectivity index (χ1) is 10.3. The monoisotopic (exact) mass is 292 g/mol. The molecule has 0 aromatic rings. The minimum atomic E-state index is -0.0238. The van der Waals surface area contributed by atoms with Gasteiger partial charge in [0.05, 0.1) is 12.1 Å². The Labute approximate surface area is 127 Å². The van der Waals surface area contributed by atoms with Gasteiger partial charge in [-0.25, -0.2) is 4.79 Å². The highest BCUT2D eigenvalue weighted by atomic mass is 16.6. The standard InChI is InChI=1S/C17H28N2O2/c20-17-19(15-9-5-11-18-10-4-8-14(15)18)16(12-21-17)13-6-2-1-3-7-13/h13-16H,1-12H2/t14-,15-,16+/m0/s1. The molecule has 0 aromatic carbocycles. The first kappa shape index (κ1) is 13.9. The third-order valence-electron chi connectivity index (χ3n) is 6.30. The normalized spacial score (nSPS) is 38.6. The summed E-state index contributed by atoms with van der Waals surface area (Å²) in [6.45, 7) is 3.11. The average molecular weight is 292 g/mol. The van der Waals surface area contributed by atoms with Crippen molar-refractivity contribution >= 4 is 6.09 Å². The van der Waals surface area contributed by atoms with Crippen LogP contribution in [0.25, 0.3) is 0 Å². The summed E-state index contributed by atoms with van der Waals surface area (Å²) in [6.07, 6.45) is 11.6. The van der Waals surface area contributed by atoms with Crippen LogP contribution in [0.3, 0.4) is 0 Å². The molecule has 4 heteroatoms. The van der Waals surface area contributed by atoms with Crippen molar-refractivity contribution in [3.63, 3.8) is 0 Å². The van der Waals surface area contributed by atoms with Crippen molar-refractivity contribution in [2.24, 2.45) is 5.92 Å². The predicted molar refractivity (Wildman–Crippen MR) is 81.2 cm³/mol. The summed E-state index contributed by atoms with van der Waals surface area (Å²) in [5.41, 5.74) is 0. The maximum Gasteiger partial charge on any atom is 0.410 e. The average Bonchev–Trinajstić information content (AvgIpc) is 3.14. The number of piperidine rings is 1. The SMILES string of the molecule is O=C1OC[C@H](C2CCCCC2)N1[C@H]1CCCN2CCC[C@@H]12. The Hall–Kier alpha value is -0.770. The van der Waals surface area contributed by atoms with Gasteiger partial charge in [0.15, 0.2) is 0 Å². The van der Waals surface area contributed by atoms with Crippen molar-refractivity contribution in [3.8, 4) is 0 Å². The Bertz CT molecular complexity index is 394. The zero-order valence-corrected chi connectivity index (χ0v) is 13.0. The van der Waals surface area contributed by atoms with E-state index in [1.807, 2.05) is 0 Å². The van der Waals surface area contributed by atoms with E-state index in [2.05, 4.69) is 9.80 Å². The van der Waals surface area contributed by atoms with Crippen molar-refractivity contribution < 1.29 is 9.53 Å². The minimum Gasteiger partial charge on any atom is -0.447 e. The van der Waals surface area contributed by atoms with E-state index in [1.54, 1.807) is 0 Å². The Morgan fingerprint density at radius 2 is 1.52 bits per heavy atom. The summed E-state index contributed by atoms with van der Waals surface area (Å²) in [4.78, 5) is 17.2. The smallest absolute Gasteiger partial charge is 0.410 e. The van der Waals surface area contributed by atoms with Crippen LogP contribution in [-0.2, 0) is 4.74 Å². The summed E-state index contributed by atoms with van der Waals surface area (Å²) >= 11 is 0. The van der Waals surface area contributed by atoms with Crippen LogP contribution in [0.5, 0.6) is 0 Å². The van der Waals surface area contributed by atoms with Crippen molar-refractivity contribution in [2.75, 3.05) is 19.7 Å². The molecular formula is C17H28N2O2. The van der Waals surface area contributed by atoms with Crippen LogP contribution < -0.4 is 0 Å². The van der Waals surface area contributed by atoms with Crippen molar-refractivity contribution in [2.45, 2.75) is 75.9 Å². The summed E-state index contributed by atoms with van der Waals surface area (Å²) in [5, 5.41) is 0. The molecule has 1 aliphatic carbocycles. The largest absolute Gasteiger partial charge is 0.447 e. The molecule has 3 saturated heterocycles. The van der Waals surface area contributed by atoms with Gasteiger partial charge >= 0.3 is 6.09 Å². The number of rotatable bonds is 2. The van der Waals surface area contributed by atoms with E-state index >= 15 is 0 Å². The molecule has 3 atom stereocenters. The first-order valence-electron chi connectivity index (χ1n) is 9.04. The molecule has 3 heterocycles. The fourth-order valence-corrected chi connectivity index (χ4v) is 5.30. The van der Waals surface area contributed by atoms with Gasteiger partial charge in [0.2, 0.25) is 0 Å². The summed E-state index contributed by atoms with van der Waals surface area (Å²) in [6, 6.07) is 1.39. The van der Waals surface area contributed by atoms with Crippen LogP contribution in [0.15, 0.2) is 0 Å². The molecule has 1 saturated carbocycles. The number of ether oxygens (including phenoxy) is 1. The molecule has 0 aromatic heterocycles. The van der Waals surface area contributed by atoms with Gasteiger partial charge in [0, 0.05) is 6.04 Å². The minimum absolute atomic E-state index is 0.0238. The van der Waals surface area contributed by atoms with E-state index in [1.165, 1.54) is 70.9 Å². The Morgan fingerprint density at radius 3 is 2.29 bits per heavy atom. The molecule has 4 fully saturated rings. The molecule has 0 bridgehead atoms. The summed E-state index contributed by atoms with van der Waals surface area (Å²) in [5.74, 6) is 0.682. The Morgan fingerprint density at radius 1 is 0.810 bits per heavy atom. The van der Waals surface area contributed by atoms with Gasteiger partial charge in [0.1, 0.15) is 6.61 Å². The topological polar surface area (TPSA) is 32.8 Å². The number of hydrogen-bond acceptors (Lipinski definition) is 3. The Kier molecular flexibility index (Phi) is 3.82. The summed E-state index contributed by atoms with van der Waals surface area (Å²) in [7, 11) is 0. The second-order valence-electron chi connectivity index (χ2n) is 7.40. The quantitative estimate of drug-likeness (QED) is 0.784. The molecule has 118 valence electrons. The van der Waals surface area contributed by atoms with Crippen LogP contribution in [0.2, 0.25) is 0 Å². The fraction of sp³-hybridized carbons (Fsp3) is 0.941. The lowest BCUT2D eigenvalue weighted by Gasteiger charge is -2.44. The van der Waals surface area contributed by atoms with Gasteiger partial charge in [-0.3, -0.25) is 9.80 Å². The van der Waals surface area contributed by atoms with Crippen molar-refractivity contribution in [1.82, 2.24) is 9.80 Å². The predicted octanol–water partition coefficient (Wildman–Crippen LogP) is 3.01. The second-order valence-corrected chi connectivity index (χ2v) is 7.40. The number of cyclic esters (lactones) is 1. The van der Waals surface area contributed by atoms with Crippen LogP contribution in [0.1, 0.15) is 57.8 Å². The number of carbonyl (C=O) groups is 1. The second kappa shape index (κ2) is 5.79. The number of fused-ring (bicyclic) bond motifs is 1. The van der Waals surface area contributed by atoms with Gasteiger partial charge in [-0.05, 0) is 57.5 Å². The zero-order valence-electron chi connectivity index (χ0n) is 13.0. The molecule has 0 N–H and O–H groups in total. The molecule has 21 heavy (non-hydrogen) atoms. The van der Waals surface area contributed by atoms with Crippen molar-refractivity contribution in [3.05, 3.63) is 0 Å². The Balaban J connectivity index is 1.53. The number of hydrogen-bond donors (Lipinski definition) is 0. The van der Waals surface area contributed by atoms with E-state index in [0.29, 0.717) is 30.7 Å². The van der Waals surface area contributed by atoms with Gasteiger partial charge in [-0.1, -0.05) is 19.3 Å². The van der Waals surface area contributed by atoms with E-state index in [0.717, 1.165) is 0 Å². The van der Waals surface area contributed by atoms with Gasteiger partial charge in [0.25, 0.3) is 0 Å². The van der Waals surface area contributed by atoms with Crippen LogP contribution in [-0.4, -0.2) is 53.7 Å². The molecule has 1 amide bonds. The lowest BCUT2D eigenvalue weighted by Crippen LogP contribution is -2.56. The first-order valence-corrected chi connectivity index (χ1v) is 9.04. The highest BCUT2D eigenvalue weighted by Crippen LogP contribution is 2.38. The molecule has 0 spiro atoms. The number of carbonyl (C=O) groups excluding carboxylic acids is 1. The van der Waals surface area contributed by atoms with E-state index < -0.39 is 0 Å². The molecule has 4 rings (SSSR count). The molecular weight excluding hydrogens is 264 g/mol. The third-order valence-corrected chi connectivity index (χ3v) is 6.30. The van der Waals surface area contributed by atoms with Crippen LogP contribution in [0.4, 0.5) is 4.79 Å². The lowest BCUT2D eigenvalue weighted by molar-refractivity contribution is 0.0538. The van der Waals surface area contributed by atoms with Crippen molar-refractivity contribution in [1.29, 1.82) is 0 Å². The van der Waals surface area contributed by atoms with Gasteiger partial charge in [-0.2, -0.15) is 0 Å². The highest BCUT2D eigenvalue weighted by molar-refractivity contribution is 5.70. The van der Waals surface area contributed by atoms with E-state index in [4.69, 9.17) is 4.74 Å². The molecule has 0 radical (unpaired) electrons. The maximum atomic E-state index is 12.4. The number of amides is 1. The zero-order chi connectivity index (χ0) is 14.2. The molecule has 0 unspecified atom stereocenters. The van der Waals surface area contributed by atoms with E-state index in [-0.39, 0.29) is 6.09 Å². The molecule has 4 nitrogen and oxygen atoms in total. The van der Waals surface area contributed by atoms with Crippen LogP contribution in [0, 0.1) is 5.92 Å². The van der Waals surface area contributed by atoms with Crippen LogP contribution >= 0.6 is 0 Å². The fourth-order valence-electron chi connectivity index (χ4n) is 5.30. The maximum absolute atomic E-state index is 12.4. The highest BCUT2D eigenvalue weighted by Gasteiger charge is 2.47.